The van der Waals surface area contributed by atoms with Crippen molar-refractivity contribution in [3.05, 3.63) is 50.7 Å². The molecule has 0 spiro atoms. The number of hydrogen-bond acceptors (Lipinski definition) is 7. The summed E-state index contributed by atoms with van der Waals surface area (Å²) in [4.78, 5) is 14.8. The molecular weight excluding hydrogens is 388 g/mol. The topological polar surface area (TPSA) is 87.0 Å². The van der Waals surface area contributed by atoms with Crippen molar-refractivity contribution in [2.45, 2.75) is 11.4 Å². The molecule has 0 bridgehead atoms. The summed E-state index contributed by atoms with van der Waals surface area (Å²) in [6.07, 6.45) is 0. The van der Waals surface area contributed by atoms with Gasteiger partial charge in [0.2, 0.25) is 10.0 Å². The first-order chi connectivity index (χ1) is 12.8. The van der Waals surface area contributed by atoms with Gasteiger partial charge in [-0.1, -0.05) is 0 Å². The molecule has 1 aromatic heterocycles. The number of sulfonamides is 1. The number of piperazine rings is 1. The standard InChI is InChI=1S/C17H22N4O4S2/c1-18-6-8-20(9-7-18)27(24,25)15-3-4-16(17(11-15)21(22)23)19(2)12-14-5-10-26-13-14/h3-5,10-11,13H,6-9,12H2,1-2H3. The lowest BCUT2D eigenvalue weighted by molar-refractivity contribution is -0.384. The summed E-state index contributed by atoms with van der Waals surface area (Å²) in [5.41, 5.74) is 1.23. The van der Waals surface area contributed by atoms with E-state index in [-0.39, 0.29) is 10.6 Å². The highest BCUT2D eigenvalue weighted by atomic mass is 32.2. The Labute approximate surface area is 162 Å². The molecule has 0 amide bonds. The molecule has 27 heavy (non-hydrogen) atoms. The number of benzene rings is 1. The summed E-state index contributed by atoms with van der Waals surface area (Å²) >= 11 is 1.56. The molecule has 0 N–H and O–H groups in total. The van der Waals surface area contributed by atoms with Crippen LogP contribution in [0.2, 0.25) is 0 Å². The van der Waals surface area contributed by atoms with Gasteiger partial charge in [0.25, 0.3) is 5.69 Å². The van der Waals surface area contributed by atoms with E-state index in [4.69, 9.17) is 0 Å². The average Bonchev–Trinajstić information content (AvgIpc) is 3.14. The molecule has 1 aromatic carbocycles. The van der Waals surface area contributed by atoms with Crippen molar-refractivity contribution < 1.29 is 13.3 Å². The largest absolute Gasteiger partial charge is 0.365 e. The van der Waals surface area contributed by atoms with E-state index in [1.807, 2.05) is 23.9 Å². The first-order valence-corrected chi connectivity index (χ1v) is 10.9. The zero-order chi connectivity index (χ0) is 19.6. The monoisotopic (exact) mass is 410 g/mol. The molecule has 10 heteroatoms. The summed E-state index contributed by atoms with van der Waals surface area (Å²) in [6, 6.07) is 6.11. The van der Waals surface area contributed by atoms with E-state index < -0.39 is 14.9 Å². The third-order valence-electron chi connectivity index (χ3n) is 4.65. The molecule has 2 aromatic rings. The third-order valence-corrected chi connectivity index (χ3v) is 7.28. The fourth-order valence-corrected chi connectivity index (χ4v) is 5.15. The third kappa shape index (κ3) is 4.29. The molecule has 0 radical (unpaired) electrons. The second kappa shape index (κ2) is 7.93. The molecule has 0 saturated carbocycles. The molecule has 1 aliphatic rings. The number of likely N-dealkylation sites (N-methyl/N-ethyl adjacent to an activating group) is 1. The van der Waals surface area contributed by atoms with Crippen LogP contribution in [0.5, 0.6) is 0 Å². The van der Waals surface area contributed by atoms with Gasteiger partial charge in [-0.05, 0) is 41.6 Å². The highest BCUT2D eigenvalue weighted by Gasteiger charge is 2.30. The van der Waals surface area contributed by atoms with E-state index in [0.717, 1.165) is 5.56 Å². The van der Waals surface area contributed by atoms with E-state index in [2.05, 4.69) is 4.90 Å². The van der Waals surface area contributed by atoms with Crippen LogP contribution in [-0.2, 0) is 16.6 Å². The maximum atomic E-state index is 12.9. The zero-order valence-electron chi connectivity index (χ0n) is 15.2. The second-order valence-corrected chi connectivity index (χ2v) is 9.32. The summed E-state index contributed by atoms with van der Waals surface area (Å²) < 4.78 is 27.1. The van der Waals surface area contributed by atoms with Gasteiger partial charge in [0.1, 0.15) is 5.69 Å². The van der Waals surface area contributed by atoms with Crippen LogP contribution in [0, 0.1) is 10.1 Å². The number of nitro benzene ring substituents is 1. The maximum absolute atomic E-state index is 12.9. The molecule has 2 heterocycles. The van der Waals surface area contributed by atoms with Crippen molar-refractivity contribution in [1.82, 2.24) is 9.21 Å². The summed E-state index contributed by atoms with van der Waals surface area (Å²) in [5.74, 6) is 0. The fraction of sp³-hybridized carbons (Fsp3) is 0.412. The van der Waals surface area contributed by atoms with Crippen molar-refractivity contribution in [3.63, 3.8) is 0 Å². The number of thiophene rings is 1. The Hall–Kier alpha value is -2.01. The van der Waals surface area contributed by atoms with Gasteiger partial charge in [-0.2, -0.15) is 15.6 Å². The van der Waals surface area contributed by atoms with E-state index in [1.54, 1.807) is 23.3 Å². The van der Waals surface area contributed by atoms with Crippen LogP contribution in [0.15, 0.2) is 39.9 Å². The van der Waals surface area contributed by atoms with Crippen LogP contribution in [0.3, 0.4) is 0 Å². The van der Waals surface area contributed by atoms with E-state index in [0.29, 0.717) is 38.4 Å². The second-order valence-electron chi connectivity index (χ2n) is 6.60. The fourth-order valence-electron chi connectivity index (χ4n) is 3.05. The molecule has 8 nitrogen and oxygen atoms in total. The van der Waals surface area contributed by atoms with Gasteiger partial charge < -0.3 is 9.80 Å². The van der Waals surface area contributed by atoms with Gasteiger partial charge >= 0.3 is 0 Å². The van der Waals surface area contributed by atoms with E-state index in [9.17, 15) is 18.5 Å². The number of hydrogen-bond donors (Lipinski definition) is 0. The first kappa shape index (κ1) is 19.7. The Kier molecular flexibility index (Phi) is 5.80. The number of anilines is 1. The Morgan fingerprint density at radius 2 is 1.93 bits per heavy atom. The average molecular weight is 411 g/mol. The van der Waals surface area contributed by atoms with Crippen molar-refractivity contribution in [3.8, 4) is 0 Å². The van der Waals surface area contributed by atoms with Crippen LogP contribution in [0.4, 0.5) is 11.4 Å². The normalized spacial score (nSPS) is 16.4. The predicted molar refractivity (Wildman–Crippen MR) is 106 cm³/mol. The Morgan fingerprint density at radius 1 is 1.22 bits per heavy atom. The van der Waals surface area contributed by atoms with Crippen LogP contribution in [0.1, 0.15) is 5.56 Å². The summed E-state index contributed by atoms with van der Waals surface area (Å²) in [7, 11) is -0.0525. The van der Waals surface area contributed by atoms with Gasteiger partial charge in [0, 0.05) is 45.8 Å². The number of nitrogens with zero attached hydrogens (tertiary/aromatic N) is 4. The van der Waals surface area contributed by atoms with E-state index in [1.165, 1.54) is 22.5 Å². The molecule has 146 valence electrons. The molecule has 1 saturated heterocycles. The van der Waals surface area contributed by atoms with Gasteiger partial charge in [-0.25, -0.2) is 8.42 Å². The minimum Gasteiger partial charge on any atom is -0.365 e. The molecule has 1 fully saturated rings. The van der Waals surface area contributed by atoms with Crippen LogP contribution in [-0.4, -0.2) is 62.8 Å². The molecule has 0 unspecified atom stereocenters. The summed E-state index contributed by atoms with van der Waals surface area (Å²) in [6.45, 7) is 2.55. The van der Waals surface area contributed by atoms with Crippen molar-refractivity contribution in [2.75, 3.05) is 45.2 Å². The Bertz CT molecular complexity index is 907. The minimum atomic E-state index is -3.75. The van der Waals surface area contributed by atoms with Crippen molar-refractivity contribution in [1.29, 1.82) is 0 Å². The highest BCUT2D eigenvalue weighted by molar-refractivity contribution is 7.89. The smallest absolute Gasteiger partial charge is 0.293 e. The van der Waals surface area contributed by atoms with E-state index >= 15 is 0 Å². The van der Waals surface area contributed by atoms with Gasteiger partial charge in [0.15, 0.2) is 0 Å². The summed E-state index contributed by atoms with van der Waals surface area (Å²) in [5, 5.41) is 15.5. The lowest BCUT2D eigenvalue weighted by Crippen LogP contribution is -2.47. The van der Waals surface area contributed by atoms with Crippen LogP contribution >= 0.6 is 11.3 Å². The molecular formula is C17H22N4O4S2. The molecule has 1 aliphatic heterocycles. The van der Waals surface area contributed by atoms with Gasteiger partial charge in [-0.3, -0.25) is 10.1 Å². The van der Waals surface area contributed by atoms with Crippen molar-refractivity contribution in [2.24, 2.45) is 0 Å². The van der Waals surface area contributed by atoms with Crippen LogP contribution < -0.4 is 4.90 Å². The highest BCUT2D eigenvalue weighted by Crippen LogP contribution is 2.32. The lowest BCUT2D eigenvalue weighted by Gasteiger charge is -2.31. The number of nitro groups is 1. The lowest BCUT2D eigenvalue weighted by atomic mass is 10.2. The first-order valence-electron chi connectivity index (χ1n) is 8.48. The molecule has 0 aliphatic carbocycles. The van der Waals surface area contributed by atoms with Gasteiger partial charge in [0.05, 0.1) is 9.82 Å². The Morgan fingerprint density at radius 3 is 2.52 bits per heavy atom. The molecule has 3 rings (SSSR count). The molecule has 0 atom stereocenters. The van der Waals surface area contributed by atoms with Crippen LogP contribution in [0.25, 0.3) is 0 Å². The maximum Gasteiger partial charge on any atom is 0.293 e. The quantitative estimate of drug-likeness (QED) is 0.536. The SMILES string of the molecule is CN1CCN(S(=O)(=O)c2ccc(N(C)Cc3ccsc3)c([N+](=O)[O-])c2)CC1. The van der Waals surface area contributed by atoms with Crippen molar-refractivity contribution >= 4 is 32.7 Å². The minimum absolute atomic E-state index is 0.0357. The predicted octanol–water partition coefficient (Wildman–Crippen LogP) is 2.23. The zero-order valence-corrected chi connectivity index (χ0v) is 16.9. The van der Waals surface area contributed by atoms with Gasteiger partial charge in [-0.15, -0.1) is 0 Å². The Balaban J connectivity index is 1.90. The number of rotatable bonds is 6.